The lowest BCUT2D eigenvalue weighted by Crippen LogP contribution is -2.22. The molecule has 2 rings (SSSR count). The molecule has 1 aliphatic rings. The van der Waals surface area contributed by atoms with Gasteiger partial charge in [0.1, 0.15) is 5.82 Å². The number of hydrogen-bond donors (Lipinski definition) is 1. The van der Waals surface area contributed by atoms with Crippen molar-refractivity contribution in [3.63, 3.8) is 0 Å². The Kier molecular flexibility index (Phi) is 4.14. The molecule has 0 aromatic carbocycles. The van der Waals surface area contributed by atoms with Crippen LogP contribution in [0.1, 0.15) is 18.2 Å². The van der Waals surface area contributed by atoms with Crippen LogP contribution in [-0.2, 0) is 31.1 Å². The standard InChI is InChI=1S/C9H16N4O5S2/c1-18-4-3-13-8(7-2-5-19(14,15)6-7)11-12-9(13)20(10,16)17/h7H,2-6H2,1H3,(H2,10,16,17). The zero-order chi connectivity index (χ0) is 15.0. The molecule has 20 heavy (non-hydrogen) atoms. The molecule has 0 spiro atoms. The molecule has 1 aromatic heterocycles. The van der Waals surface area contributed by atoms with Crippen LogP contribution in [0, 0.1) is 0 Å². The number of sulfone groups is 1. The summed E-state index contributed by atoms with van der Waals surface area (Å²) in [7, 11) is -5.64. The fourth-order valence-electron chi connectivity index (χ4n) is 2.20. The molecule has 0 radical (unpaired) electrons. The van der Waals surface area contributed by atoms with Crippen LogP contribution in [0.3, 0.4) is 0 Å². The second kappa shape index (κ2) is 5.39. The normalized spacial score (nSPS) is 22.2. The smallest absolute Gasteiger partial charge is 0.273 e. The van der Waals surface area contributed by atoms with E-state index in [2.05, 4.69) is 10.2 Å². The second-order valence-electron chi connectivity index (χ2n) is 4.63. The molecule has 1 fully saturated rings. The number of aromatic nitrogens is 3. The Labute approximate surface area is 117 Å². The number of ether oxygens (including phenoxy) is 1. The molecule has 2 heterocycles. The minimum Gasteiger partial charge on any atom is -0.383 e. The Morgan fingerprint density at radius 2 is 2.15 bits per heavy atom. The Balaban J connectivity index is 2.41. The molecule has 1 aromatic rings. The molecular weight excluding hydrogens is 308 g/mol. The highest BCUT2D eigenvalue weighted by atomic mass is 32.2. The zero-order valence-corrected chi connectivity index (χ0v) is 12.5. The third-order valence-electron chi connectivity index (χ3n) is 3.12. The summed E-state index contributed by atoms with van der Waals surface area (Å²) < 4.78 is 52.2. The quantitative estimate of drug-likeness (QED) is 0.694. The van der Waals surface area contributed by atoms with E-state index in [0.717, 1.165) is 0 Å². The minimum atomic E-state index is -4.02. The third kappa shape index (κ3) is 3.16. The molecule has 1 saturated heterocycles. The number of rotatable bonds is 5. The molecule has 0 bridgehead atoms. The molecule has 0 amide bonds. The lowest BCUT2D eigenvalue weighted by Gasteiger charge is -2.11. The van der Waals surface area contributed by atoms with Gasteiger partial charge in [-0.2, -0.15) is 0 Å². The summed E-state index contributed by atoms with van der Waals surface area (Å²) in [6.07, 6.45) is 0.401. The SMILES string of the molecule is COCCn1c(C2CCS(=O)(=O)C2)nnc1S(N)(=O)=O. The Hall–Kier alpha value is -1.04. The average Bonchev–Trinajstić information content (AvgIpc) is 2.88. The van der Waals surface area contributed by atoms with E-state index < -0.39 is 19.9 Å². The molecule has 9 nitrogen and oxygen atoms in total. The molecule has 1 aliphatic heterocycles. The third-order valence-corrected chi connectivity index (χ3v) is 5.70. The first-order chi connectivity index (χ1) is 9.24. The fraction of sp³-hybridized carbons (Fsp3) is 0.778. The van der Waals surface area contributed by atoms with Crippen LogP contribution < -0.4 is 5.14 Å². The van der Waals surface area contributed by atoms with Gasteiger partial charge in [-0.15, -0.1) is 10.2 Å². The van der Waals surface area contributed by atoms with Crippen LogP contribution in [0.5, 0.6) is 0 Å². The van der Waals surface area contributed by atoms with E-state index in [4.69, 9.17) is 9.88 Å². The molecule has 2 N–H and O–H groups in total. The summed E-state index contributed by atoms with van der Waals surface area (Å²) in [4.78, 5) is 0. The van der Waals surface area contributed by atoms with E-state index in [9.17, 15) is 16.8 Å². The van der Waals surface area contributed by atoms with Crippen LogP contribution in [0.2, 0.25) is 0 Å². The van der Waals surface area contributed by atoms with Crippen molar-refractivity contribution in [1.82, 2.24) is 14.8 Å². The molecule has 11 heteroatoms. The van der Waals surface area contributed by atoms with Gasteiger partial charge in [0.15, 0.2) is 9.84 Å². The van der Waals surface area contributed by atoms with E-state index in [-0.39, 0.29) is 35.7 Å². The lowest BCUT2D eigenvalue weighted by molar-refractivity contribution is 0.183. The van der Waals surface area contributed by atoms with Crippen molar-refractivity contribution < 1.29 is 21.6 Å². The monoisotopic (exact) mass is 324 g/mol. The molecule has 1 unspecified atom stereocenters. The molecular formula is C9H16N4O5S2. The molecule has 0 saturated carbocycles. The highest BCUT2D eigenvalue weighted by Crippen LogP contribution is 2.28. The minimum absolute atomic E-state index is 0.0528. The van der Waals surface area contributed by atoms with Crippen molar-refractivity contribution in [2.75, 3.05) is 25.2 Å². The van der Waals surface area contributed by atoms with Gasteiger partial charge in [-0.25, -0.2) is 22.0 Å². The van der Waals surface area contributed by atoms with Crippen molar-refractivity contribution in [3.8, 4) is 0 Å². The summed E-state index contributed by atoms with van der Waals surface area (Å²) in [5, 5.41) is 12.1. The highest BCUT2D eigenvalue weighted by Gasteiger charge is 2.34. The average molecular weight is 324 g/mol. The van der Waals surface area contributed by atoms with Gasteiger partial charge in [-0.05, 0) is 6.42 Å². The van der Waals surface area contributed by atoms with Crippen molar-refractivity contribution in [1.29, 1.82) is 0 Å². The Morgan fingerprint density at radius 1 is 1.45 bits per heavy atom. The van der Waals surface area contributed by atoms with Gasteiger partial charge in [0.2, 0.25) is 0 Å². The number of methoxy groups -OCH3 is 1. The predicted molar refractivity (Wildman–Crippen MR) is 69.3 cm³/mol. The number of nitrogens with zero attached hydrogens (tertiary/aromatic N) is 3. The van der Waals surface area contributed by atoms with Crippen molar-refractivity contribution in [2.45, 2.75) is 24.0 Å². The Bertz CT molecular complexity index is 694. The highest BCUT2D eigenvalue weighted by molar-refractivity contribution is 7.91. The maximum Gasteiger partial charge on any atom is 0.273 e. The predicted octanol–water partition coefficient (Wildman–Crippen LogP) is -1.53. The fourth-order valence-corrected chi connectivity index (χ4v) is 4.59. The maximum atomic E-state index is 11.5. The summed E-state index contributed by atoms with van der Waals surface area (Å²) in [6.45, 7) is 0.439. The van der Waals surface area contributed by atoms with E-state index in [1.54, 1.807) is 0 Å². The summed E-state index contributed by atoms with van der Waals surface area (Å²) >= 11 is 0. The maximum absolute atomic E-state index is 11.5. The Morgan fingerprint density at radius 3 is 2.65 bits per heavy atom. The molecule has 0 aliphatic carbocycles. The van der Waals surface area contributed by atoms with Crippen LogP contribution in [0.4, 0.5) is 0 Å². The summed E-state index contributed by atoms with van der Waals surface area (Å²) in [6, 6.07) is 0. The van der Waals surface area contributed by atoms with Gasteiger partial charge in [-0.3, -0.25) is 4.57 Å². The summed E-state index contributed by atoms with van der Waals surface area (Å²) in [5.74, 6) is -0.0191. The second-order valence-corrected chi connectivity index (χ2v) is 8.31. The van der Waals surface area contributed by atoms with Gasteiger partial charge in [0, 0.05) is 19.6 Å². The topological polar surface area (TPSA) is 134 Å². The van der Waals surface area contributed by atoms with E-state index >= 15 is 0 Å². The van der Waals surface area contributed by atoms with Gasteiger partial charge in [0.05, 0.1) is 18.1 Å². The zero-order valence-electron chi connectivity index (χ0n) is 10.9. The van der Waals surface area contributed by atoms with E-state index in [1.807, 2.05) is 0 Å². The largest absolute Gasteiger partial charge is 0.383 e. The van der Waals surface area contributed by atoms with Gasteiger partial charge >= 0.3 is 0 Å². The number of sulfonamides is 1. The van der Waals surface area contributed by atoms with Crippen molar-refractivity contribution in [2.24, 2.45) is 5.14 Å². The van der Waals surface area contributed by atoms with E-state index in [1.165, 1.54) is 11.7 Å². The first-order valence-electron chi connectivity index (χ1n) is 5.90. The number of hydrogen-bond acceptors (Lipinski definition) is 7. The lowest BCUT2D eigenvalue weighted by atomic mass is 10.1. The van der Waals surface area contributed by atoms with Crippen LogP contribution in [-0.4, -0.2) is 56.8 Å². The van der Waals surface area contributed by atoms with Crippen molar-refractivity contribution >= 4 is 19.9 Å². The van der Waals surface area contributed by atoms with Crippen LogP contribution in [0.25, 0.3) is 0 Å². The van der Waals surface area contributed by atoms with Crippen LogP contribution in [0.15, 0.2) is 5.16 Å². The molecule has 114 valence electrons. The van der Waals surface area contributed by atoms with Gasteiger partial charge in [0.25, 0.3) is 15.2 Å². The van der Waals surface area contributed by atoms with E-state index in [0.29, 0.717) is 12.2 Å². The number of primary sulfonamides is 1. The van der Waals surface area contributed by atoms with Gasteiger partial charge in [-0.1, -0.05) is 0 Å². The first kappa shape index (κ1) is 15.4. The van der Waals surface area contributed by atoms with Crippen molar-refractivity contribution in [3.05, 3.63) is 5.82 Å². The number of nitrogens with two attached hydrogens (primary N) is 1. The van der Waals surface area contributed by atoms with Gasteiger partial charge < -0.3 is 4.74 Å². The molecule has 1 atom stereocenters. The van der Waals surface area contributed by atoms with Crippen LogP contribution >= 0.6 is 0 Å². The summed E-state index contributed by atoms with van der Waals surface area (Å²) in [5.41, 5.74) is 0. The first-order valence-corrected chi connectivity index (χ1v) is 9.26.